The van der Waals surface area contributed by atoms with Crippen LogP contribution in [0.1, 0.15) is 54.4 Å². The molecule has 0 N–H and O–H groups in total. The molecule has 0 aliphatic heterocycles. The molecule has 6 heteroatoms. The number of carbonyl (C=O) groups is 1. The van der Waals surface area contributed by atoms with Gasteiger partial charge in [-0.15, -0.1) is 0 Å². The zero-order valence-electron chi connectivity index (χ0n) is 22.5. The molecule has 0 bridgehead atoms. The molecular weight excluding hydrogens is 484 g/mol. The van der Waals surface area contributed by atoms with Gasteiger partial charge in [0.15, 0.2) is 0 Å². The standard InChI is InChI=1S/C33H34N4O2/c1-39-33(38)27-16-17-31-30(22-27)34-32(37(31)20-18-25-11-6-3-7-12-25)26-14-15-28-23-36(35-29(28)21-26)19-8-13-24-9-4-2-5-10-24/h2,4-5,9-11,14-17,21-23H,3,6-8,12-13,18-20H2,1H3. The Labute approximate surface area is 228 Å². The molecule has 39 heavy (non-hydrogen) atoms. The van der Waals surface area contributed by atoms with Crippen LogP contribution < -0.4 is 0 Å². The first-order valence-corrected chi connectivity index (χ1v) is 14.0. The molecule has 0 saturated heterocycles. The van der Waals surface area contributed by atoms with Gasteiger partial charge in [0.25, 0.3) is 0 Å². The van der Waals surface area contributed by atoms with Gasteiger partial charge in [-0.1, -0.05) is 54.1 Å². The van der Waals surface area contributed by atoms with E-state index in [9.17, 15) is 4.79 Å². The van der Waals surface area contributed by atoms with Crippen LogP contribution >= 0.6 is 0 Å². The highest BCUT2D eigenvalue weighted by atomic mass is 16.5. The Morgan fingerprint density at radius 1 is 0.949 bits per heavy atom. The van der Waals surface area contributed by atoms with Crippen molar-refractivity contribution < 1.29 is 9.53 Å². The van der Waals surface area contributed by atoms with Crippen molar-refractivity contribution in [1.82, 2.24) is 19.3 Å². The number of rotatable bonds is 9. The van der Waals surface area contributed by atoms with Crippen molar-refractivity contribution in [2.24, 2.45) is 0 Å². The van der Waals surface area contributed by atoms with Gasteiger partial charge in [-0.3, -0.25) is 4.68 Å². The van der Waals surface area contributed by atoms with Gasteiger partial charge in [0.1, 0.15) is 5.82 Å². The van der Waals surface area contributed by atoms with Crippen LogP contribution in [0.15, 0.2) is 84.6 Å². The van der Waals surface area contributed by atoms with Gasteiger partial charge in [-0.05, 0) is 74.8 Å². The zero-order chi connectivity index (χ0) is 26.6. The highest BCUT2D eigenvalue weighted by Crippen LogP contribution is 2.30. The van der Waals surface area contributed by atoms with Crippen LogP contribution in [0.5, 0.6) is 0 Å². The molecule has 0 fully saturated rings. The third kappa shape index (κ3) is 5.51. The van der Waals surface area contributed by atoms with Gasteiger partial charge in [0.2, 0.25) is 0 Å². The van der Waals surface area contributed by atoms with Crippen LogP contribution in [0.4, 0.5) is 0 Å². The van der Waals surface area contributed by atoms with Crippen molar-refractivity contribution in [3.05, 3.63) is 95.7 Å². The molecule has 0 radical (unpaired) electrons. The first-order valence-electron chi connectivity index (χ1n) is 14.0. The number of esters is 1. The summed E-state index contributed by atoms with van der Waals surface area (Å²) in [5.41, 5.74) is 7.24. The van der Waals surface area contributed by atoms with Crippen LogP contribution in [0.25, 0.3) is 33.3 Å². The number of hydrogen-bond donors (Lipinski definition) is 0. The molecule has 0 unspecified atom stereocenters. The summed E-state index contributed by atoms with van der Waals surface area (Å²) in [6.07, 6.45) is 12.6. The summed E-state index contributed by atoms with van der Waals surface area (Å²) in [7, 11) is 1.41. The number of fused-ring (bicyclic) bond motifs is 2. The minimum absolute atomic E-state index is 0.348. The van der Waals surface area contributed by atoms with Crippen molar-refractivity contribution in [2.75, 3.05) is 7.11 Å². The fourth-order valence-electron chi connectivity index (χ4n) is 5.62. The van der Waals surface area contributed by atoms with E-state index in [-0.39, 0.29) is 5.97 Å². The van der Waals surface area contributed by atoms with Crippen LogP contribution in [0.2, 0.25) is 0 Å². The average Bonchev–Trinajstić information content (AvgIpc) is 3.56. The molecule has 0 amide bonds. The van der Waals surface area contributed by atoms with Gasteiger partial charge >= 0.3 is 5.97 Å². The minimum Gasteiger partial charge on any atom is -0.465 e. The lowest BCUT2D eigenvalue weighted by Crippen LogP contribution is -2.04. The fraction of sp³-hybridized carbons (Fsp3) is 0.303. The van der Waals surface area contributed by atoms with Crippen molar-refractivity contribution in [1.29, 1.82) is 0 Å². The number of aryl methyl sites for hydroxylation is 3. The predicted octanol–water partition coefficient (Wildman–Crippen LogP) is 7.36. The summed E-state index contributed by atoms with van der Waals surface area (Å²) >= 11 is 0. The minimum atomic E-state index is -0.348. The molecule has 198 valence electrons. The lowest BCUT2D eigenvalue weighted by Gasteiger charge is -2.15. The molecule has 0 atom stereocenters. The van der Waals surface area contributed by atoms with E-state index in [1.54, 1.807) is 0 Å². The summed E-state index contributed by atoms with van der Waals surface area (Å²) in [5, 5.41) is 6.02. The van der Waals surface area contributed by atoms with E-state index >= 15 is 0 Å². The molecule has 3 aromatic carbocycles. The molecule has 1 aliphatic carbocycles. The first-order chi connectivity index (χ1) is 19.2. The molecule has 2 heterocycles. The van der Waals surface area contributed by atoms with E-state index in [0.717, 1.165) is 65.7 Å². The fourth-order valence-corrected chi connectivity index (χ4v) is 5.62. The van der Waals surface area contributed by atoms with E-state index < -0.39 is 0 Å². The molecule has 1 aliphatic rings. The number of methoxy groups -OCH3 is 1. The number of imidazole rings is 1. The number of hydrogen-bond acceptors (Lipinski definition) is 4. The van der Waals surface area contributed by atoms with E-state index in [1.807, 2.05) is 18.2 Å². The number of allylic oxidation sites excluding steroid dienone is 2. The lowest BCUT2D eigenvalue weighted by molar-refractivity contribution is 0.0601. The monoisotopic (exact) mass is 518 g/mol. The van der Waals surface area contributed by atoms with E-state index in [0.29, 0.717) is 5.56 Å². The third-order valence-corrected chi connectivity index (χ3v) is 7.72. The molecule has 0 spiro atoms. The van der Waals surface area contributed by atoms with Crippen LogP contribution in [0.3, 0.4) is 0 Å². The Morgan fingerprint density at radius 3 is 2.67 bits per heavy atom. The van der Waals surface area contributed by atoms with Crippen LogP contribution in [-0.2, 0) is 24.2 Å². The number of nitrogens with zero attached hydrogens (tertiary/aromatic N) is 4. The van der Waals surface area contributed by atoms with E-state index in [1.165, 1.54) is 43.9 Å². The lowest BCUT2D eigenvalue weighted by atomic mass is 9.97. The highest BCUT2D eigenvalue weighted by molar-refractivity contribution is 5.94. The summed E-state index contributed by atoms with van der Waals surface area (Å²) in [6, 6.07) is 22.7. The summed E-state index contributed by atoms with van der Waals surface area (Å²) in [4.78, 5) is 17.2. The van der Waals surface area contributed by atoms with Gasteiger partial charge < -0.3 is 9.30 Å². The summed E-state index contributed by atoms with van der Waals surface area (Å²) < 4.78 is 9.30. The maximum absolute atomic E-state index is 12.2. The van der Waals surface area contributed by atoms with Crippen molar-refractivity contribution in [3.63, 3.8) is 0 Å². The van der Waals surface area contributed by atoms with Crippen molar-refractivity contribution in [2.45, 2.75) is 58.0 Å². The second-order valence-electron chi connectivity index (χ2n) is 10.4. The summed E-state index contributed by atoms with van der Waals surface area (Å²) in [5.74, 6) is 0.559. The largest absolute Gasteiger partial charge is 0.465 e. The Balaban J connectivity index is 1.30. The molecule has 5 aromatic rings. The quantitative estimate of drug-likeness (QED) is 0.151. The van der Waals surface area contributed by atoms with Gasteiger partial charge in [0, 0.05) is 30.2 Å². The Morgan fingerprint density at radius 2 is 1.85 bits per heavy atom. The second kappa shape index (κ2) is 11.3. The zero-order valence-corrected chi connectivity index (χ0v) is 22.5. The first kappa shape index (κ1) is 25.1. The van der Waals surface area contributed by atoms with E-state index in [4.69, 9.17) is 14.8 Å². The Bertz CT molecular complexity index is 1640. The predicted molar refractivity (Wildman–Crippen MR) is 156 cm³/mol. The third-order valence-electron chi connectivity index (χ3n) is 7.72. The van der Waals surface area contributed by atoms with Gasteiger partial charge in [-0.25, -0.2) is 9.78 Å². The number of benzene rings is 3. The maximum Gasteiger partial charge on any atom is 0.337 e. The molecular formula is C33H34N4O2. The maximum atomic E-state index is 12.2. The highest BCUT2D eigenvalue weighted by Gasteiger charge is 2.17. The number of ether oxygens (including phenoxy) is 1. The van der Waals surface area contributed by atoms with Crippen LogP contribution in [0, 0.1) is 0 Å². The topological polar surface area (TPSA) is 61.9 Å². The molecule has 6 nitrogen and oxygen atoms in total. The number of aromatic nitrogens is 4. The van der Waals surface area contributed by atoms with Gasteiger partial charge in [0.05, 0.1) is 29.2 Å². The average molecular weight is 519 g/mol. The molecule has 2 aromatic heterocycles. The normalized spacial score (nSPS) is 13.6. The van der Waals surface area contributed by atoms with Gasteiger partial charge in [-0.2, -0.15) is 5.10 Å². The summed E-state index contributed by atoms with van der Waals surface area (Å²) in [6.45, 7) is 1.73. The number of carbonyl (C=O) groups excluding carboxylic acids is 1. The molecule has 0 saturated carbocycles. The van der Waals surface area contributed by atoms with Crippen LogP contribution in [-0.4, -0.2) is 32.4 Å². The van der Waals surface area contributed by atoms with E-state index in [2.05, 4.69) is 70.1 Å². The molecule has 6 rings (SSSR count). The van der Waals surface area contributed by atoms with Crippen molar-refractivity contribution >= 4 is 27.9 Å². The SMILES string of the molecule is COC(=O)c1ccc2c(c1)nc(-c1ccc3cn(CCCc4ccccc4)nc3c1)n2CCC1=CCCCC1. The Hall–Kier alpha value is -4.19. The second-order valence-corrected chi connectivity index (χ2v) is 10.4. The Kier molecular flexibility index (Phi) is 7.26. The van der Waals surface area contributed by atoms with Crippen molar-refractivity contribution in [3.8, 4) is 11.4 Å². The smallest absolute Gasteiger partial charge is 0.337 e.